The van der Waals surface area contributed by atoms with Crippen LogP contribution in [-0.2, 0) is 0 Å². The molecule has 2 heteroatoms. The Morgan fingerprint density at radius 2 is 1.71 bits per heavy atom. The highest BCUT2D eigenvalue weighted by Crippen LogP contribution is 2.39. The van der Waals surface area contributed by atoms with Crippen LogP contribution in [0.25, 0.3) is 0 Å². The van der Waals surface area contributed by atoms with Crippen molar-refractivity contribution in [3.05, 3.63) is 0 Å². The number of piperidine rings is 1. The van der Waals surface area contributed by atoms with Crippen LogP contribution in [0.3, 0.4) is 0 Å². The van der Waals surface area contributed by atoms with Crippen LogP contribution in [0.1, 0.15) is 78.6 Å². The van der Waals surface area contributed by atoms with Crippen molar-refractivity contribution < 1.29 is 0 Å². The van der Waals surface area contributed by atoms with E-state index in [1.165, 1.54) is 77.4 Å². The van der Waals surface area contributed by atoms with Gasteiger partial charge >= 0.3 is 0 Å². The van der Waals surface area contributed by atoms with Gasteiger partial charge in [-0.1, -0.05) is 46.5 Å². The van der Waals surface area contributed by atoms with Gasteiger partial charge in [-0.2, -0.15) is 0 Å². The van der Waals surface area contributed by atoms with Crippen molar-refractivity contribution >= 4 is 0 Å². The van der Waals surface area contributed by atoms with Gasteiger partial charge in [-0.3, -0.25) is 0 Å². The lowest BCUT2D eigenvalue weighted by Crippen LogP contribution is -2.47. The number of nitrogens with two attached hydrogens (primary N) is 1. The molecule has 2 rings (SSSR count). The zero-order chi connectivity index (χ0) is 15.3. The fourth-order valence-electron chi connectivity index (χ4n) is 4.76. The Bertz CT molecular complexity index is 288. The number of hydrogen-bond donors (Lipinski definition) is 1. The third kappa shape index (κ3) is 4.45. The van der Waals surface area contributed by atoms with Crippen LogP contribution in [-0.4, -0.2) is 30.6 Å². The van der Waals surface area contributed by atoms with E-state index in [1.807, 2.05) is 0 Å². The van der Waals surface area contributed by atoms with Crippen molar-refractivity contribution in [1.29, 1.82) is 0 Å². The smallest absolute Gasteiger partial charge is 0.00795 e. The molecule has 3 atom stereocenters. The highest BCUT2D eigenvalue weighted by atomic mass is 15.1. The predicted octanol–water partition coefficient (Wildman–Crippen LogP) is 4.43. The summed E-state index contributed by atoms with van der Waals surface area (Å²) in [6, 6.07) is 0.460. The zero-order valence-electron chi connectivity index (χ0n) is 14.7. The molecule has 1 heterocycles. The Labute approximate surface area is 132 Å². The van der Waals surface area contributed by atoms with Crippen LogP contribution in [0, 0.1) is 17.3 Å². The highest BCUT2D eigenvalue weighted by molar-refractivity contribution is 4.88. The zero-order valence-corrected chi connectivity index (χ0v) is 14.7. The highest BCUT2D eigenvalue weighted by Gasteiger charge is 2.34. The number of nitrogens with zero attached hydrogens (tertiary/aromatic N) is 1. The van der Waals surface area contributed by atoms with Crippen LogP contribution in [0.15, 0.2) is 0 Å². The van der Waals surface area contributed by atoms with Crippen LogP contribution in [0.2, 0.25) is 0 Å². The average molecular weight is 295 g/mol. The molecule has 1 saturated heterocycles. The fourth-order valence-corrected chi connectivity index (χ4v) is 4.76. The third-order valence-electron chi connectivity index (χ3n) is 6.76. The van der Waals surface area contributed by atoms with Gasteiger partial charge in [-0.15, -0.1) is 0 Å². The summed E-state index contributed by atoms with van der Waals surface area (Å²) in [6.07, 6.45) is 12.3. The molecule has 2 aliphatic rings. The molecule has 21 heavy (non-hydrogen) atoms. The van der Waals surface area contributed by atoms with Gasteiger partial charge in [0, 0.05) is 12.6 Å². The van der Waals surface area contributed by atoms with E-state index in [9.17, 15) is 0 Å². The molecule has 1 aliphatic carbocycles. The van der Waals surface area contributed by atoms with E-state index in [1.54, 1.807) is 0 Å². The standard InChI is InChI=1S/C19H38N2/c1-4-7-16-8-9-18(20)17(14-16)15-21-12-10-19(5-2,6-3)11-13-21/h16-18H,4-15,20H2,1-3H3. The SMILES string of the molecule is CCCC1CCC(N)C(CN2CCC(CC)(CC)CC2)C1. The molecule has 0 aromatic carbocycles. The van der Waals surface area contributed by atoms with E-state index in [0.29, 0.717) is 11.5 Å². The molecule has 2 nitrogen and oxygen atoms in total. The summed E-state index contributed by atoms with van der Waals surface area (Å²) in [5.41, 5.74) is 7.08. The van der Waals surface area contributed by atoms with Gasteiger partial charge in [0.2, 0.25) is 0 Å². The van der Waals surface area contributed by atoms with E-state index in [0.717, 1.165) is 11.8 Å². The average Bonchev–Trinajstić information content (AvgIpc) is 2.52. The van der Waals surface area contributed by atoms with Crippen molar-refractivity contribution in [2.75, 3.05) is 19.6 Å². The maximum atomic E-state index is 6.43. The first-order chi connectivity index (χ1) is 10.1. The van der Waals surface area contributed by atoms with Crippen LogP contribution >= 0.6 is 0 Å². The summed E-state index contributed by atoms with van der Waals surface area (Å²) >= 11 is 0. The van der Waals surface area contributed by atoms with Crippen LogP contribution in [0.4, 0.5) is 0 Å². The van der Waals surface area contributed by atoms with Crippen molar-refractivity contribution in [2.45, 2.75) is 84.6 Å². The van der Waals surface area contributed by atoms with Gasteiger partial charge in [-0.25, -0.2) is 0 Å². The molecule has 124 valence electrons. The summed E-state index contributed by atoms with van der Waals surface area (Å²) in [5.74, 6) is 1.71. The van der Waals surface area contributed by atoms with Crippen molar-refractivity contribution in [3.8, 4) is 0 Å². The van der Waals surface area contributed by atoms with Crippen LogP contribution in [0.5, 0.6) is 0 Å². The molecule has 3 unspecified atom stereocenters. The minimum Gasteiger partial charge on any atom is -0.327 e. The van der Waals surface area contributed by atoms with Gasteiger partial charge in [0.05, 0.1) is 0 Å². The molecule has 0 amide bonds. The Kier molecular flexibility index (Phi) is 6.55. The first-order valence-electron chi connectivity index (χ1n) is 9.60. The lowest BCUT2D eigenvalue weighted by Gasteiger charge is -2.44. The molecule has 1 saturated carbocycles. The largest absolute Gasteiger partial charge is 0.327 e. The quantitative estimate of drug-likeness (QED) is 0.785. The minimum atomic E-state index is 0.460. The van der Waals surface area contributed by atoms with E-state index < -0.39 is 0 Å². The third-order valence-corrected chi connectivity index (χ3v) is 6.76. The van der Waals surface area contributed by atoms with Crippen LogP contribution < -0.4 is 5.73 Å². The Morgan fingerprint density at radius 1 is 1.05 bits per heavy atom. The molecule has 0 aromatic rings. The van der Waals surface area contributed by atoms with Crippen molar-refractivity contribution in [2.24, 2.45) is 23.0 Å². The van der Waals surface area contributed by atoms with Crippen molar-refractivity contribution in [1.82, 2.24) is 4.90 Å². The molecule has 2 N–H and O–H groups in total. The maximum absolute atomic E-state index is 6.43. The lowest BCUT2D eigenvalue weighted by atomic mass is 9.73. The monoisotopic (exact) mass is 294 g/mol. The van der Waals surface area contributed by atoms with E-state index in [2.05, 4.69) is 25.7 Å². The normalized spacial score (nSPS) is 34.0. The fraction of sp³-hybridized carbons (Fsp3) is 1.00. The molecule has 0 bridgehead atoms. The molecule has 0 radical (unpaired) electrons. The minimum absolute atomic E-state index is 0.460. The Morgan fingerprint density at radius 3 is 2.29 bits per heavy atom. The molecule has 0 spiro atoms. The summed E-state index contributed by atoms with van der Waals surface area (Å²) < 4.78 is 0. The first-order valence-corrected chi connectivity index (χ1v) is 9.60. The molecular weight excluding hydrogens is 256 g/mol. The van der Waals surface area contributed by atoms with E-state index >= 15 is 0 Å². The molecule has 2 fully saturated rings. The van der Waals surface area contributed by atoms with Gasteiger partial charge in [0.25, 0.3) is 0 Å². The summed E-state index contributed by atoms with van der Waals surface area (Å²) in [4.78, 5) is 2.72. The number of rotatable bonds is 6. The first kappa shape index (κ1) is 17.3. The topological polar surface area (TPSA) is 29.3 Å². The molecule has 1 aliphatic heterocycles. The number of hydrogen-bond acceptors (Lipinski definition) is 2. The second-order valence-electron chi connectivity index (χ2n) is 7.90. The van der Waals surface area contributed by atoms with Gasteiger partial charge in [-0.05, 0) is 62.4 Å². The molecular formula is C19H38N2. The summed E-state index contributed by atoms with van der Waals surface area (Å²) in [7, 11) is 0. The lowest BCUT2D eigenvalue weighted by molar-refractivity contribution is 0.0692. The summed E-state index contributed by atoms with van der Waals surface area (Å²) in [5, 5.41) is 0. The second kappa shape index (κ2) is 7.97. The van der Waals surface area contributed by atoms with Gasteiger partial charge in [0.15, 0.2) is 0 Å². The van der Waals surface area contributed by atoms with Gasteiger partial charge < -0.3 is 10.6 Å². The summed E-state index contributed by atoms with van der Waals surface area (Å²) in [6.45, 7) is 11.0. The predicted molar refractivity (Wildman–Crippen MR) is 92.4 cm³/mol. The van der Waals surface area contributed by atoms with Gasteiger partial charge in [0.1, 0.15) is 0 Å². The maximum Gasteiger partial charge on any atom is 0.00795 e. The molecule has 0 aromatic heterocycles. The van der Waals surface area contributed by atoms with E-state index in [-0.39, 0.29) is 0 Å². The second-order valence-corrected chi connectivity index (χ2v) is 7.90. The Balaban J connectivity index is 1.81. The van der Waals surface area contributed by atoms with Crippen molar-refractivity contribution in [3.63, 3.8) is 0 Å². The van der Waals surface area contributed by atoms with E-state index in [4.69, 9.17) is 5.73 Å². The Hall–Kier alpha value is -0.0800. The number of likely N-dealkylation sites (tertiary alicyclic amines) is 1.